The molecule has 34 heavy (non-hydrogen) atoms. The van der Waals surface area contributed by atoms with Crippen LogP contribution in [0.1, 0.15) is 35.3 Å². The van der Waals surface area contributed by atoms with E-state index in [2.05, 4.69) is 0 Å². The molecule has 0 aliphatic heterocycles. The number of rotatable bonds is 7. The van der Waals surface area contributed by atoms with Gasteiger partial charge in [0, 0.05) is 18.2 Å². The summed E-state index contributed by atoms with van der Waals surface area (Å²) in [5.74, 6) is -1.23. The smallest absolute Gasteiger partial charge is 0.379 e. The lowest BCUT2D eigenvalue weighted by Gasteiger charge is -2.27. The van der Waals surface area contributed by atoms with Crippen LogP contribution in [-0.4, -0.2) is 25.3 Å². The van der Waals surface area contributed by atoms with Crippen molar-refractivity contribution in [2.75, 3.05) is 0 Å². The van der Waals surface area contributed by atoms with Gasteiger partial charge in [0.15, 0.2) is 0 Å². The number of hydrogen-bond donors (Lipinski definition) is 0. The third-order valence-corrected chi connectivity index (χ3v) is 6.14. The van der Waals surface area contributed by atoms with Gasteiger partial charge in [0.25, 0.3) is 5.91 Å². The first-order chi connectivity index (χ1) is 15.9. The quantitative estimate of drug-likeness (QED) is 0.313. The third kappa shape index (κ3) is 6.13. The van der Waals surface area contributed by atoms with E-state index in [4.69, 9.17) is 4.18 Å². The summed E-state index contributed by atoms with van der Waals surface area (Å²) in [6.45, 7) is 3.43. The normalized spacial score (nSPS) is 12.0. The topological polar surface area (TPSA) is 63.7 Å². The van der Waals surface area contributed by atoms with Crippen LogP contribution in [0, 0.1) is 5.82 Å². The van der Waals surface area contributed by atoms with Crippen molar-refractivity contribution in [1.82, 2.24) is 4.90 Å². The number of benzene rings is 3. The standard InChI is InChI=1S/C24H21F4NO4S/c1-16(2)29(23(30)18-6-4-7-19(14-18)24(26,27)28)15-17-5-3-8-21(13-17)33-34(31,32)22-11-9-20(25)10-12-22/h3-14,16H,15H2,1-2H3. The molecule has 0 N–H and O–H groups in total. The molecule has 0 heterocycles. The molecule has 3 aromatic rings. The summed E-state index contributed by atoms with van der Waals surface area (Å²) >= 11 is 0. The van der Waals surface area contributed by atoms with Crippen molar-refractivity contribution < 1.29 is 35.0 Å². The summed E-state index contributed by atoms with van der Waals surface area (Å²) < 4.78 is 82.3. The van der Waals surface area contributed by atoms with Gasteiger partial charge < -0.3 is 9.08 Å². The first-order valence-corrected chi connectivity index (χ1v) is 11.5. The Bertz CT molecular complexity index is 1270. The lowest BCUT2D eigenvalue weighted by Crippen LogP contribution is -2.36. The summed E-state index contributed by atoms with van der Waals surface area (Å²) in [6, 6.07) is 13.9. The van der Waals surface area contributed by atoms with E-state index in [1.165, 1.54) is 35.2 Å². The van der Waals surface area contributed by atoms with Crippen LogP contribution < -0.4 is 4.18 Å². The van der Waals surface area contributed by atoms with Crippen LogP contribution in [0.25, 0.3) is 0 Å². The highest BCUT2D eigenvalue weighted by Crippen LogP contribution is 2.30. The molecule has 180 valence electrons. The van der Waals surface area contributed by atoms with Crippen molar-refractivity contribution in [2.45, 2.75) is 37.5 Å². The Kier molecular flexibility index (Phi) is 7.30. The van der Waals surface area contributed by atoms with Gasteiger partial charge in [-0.1, -0.05) is 18.2 Å². The fourth-order valence-corrected chi connectivity index (χ4v) is 4.07. The van der Waals surface area contributed by atoms with Crippen LogP contribution in [0.5, 0.6) is 5.75 Å². The Morgan fingerprint density at radius 3 is 2.24 bits per heavy atom. The molecule has 5 nitrogen and oxygen atoms in total. The van der Waals surface area contributed by atoms with Gasteiger partial charge in [-0.3, -0.25) is 4.79 Å². The van der Waals surface area contributed by atoms with E-state index in [0.717, 1.165) is 36.4 Å². The molecule has 0 fully saturated rings. The van der Waals surface area contributed by atoms with Gasteiger partial charge in [0.2, 0.25) is 0 Å². The Labute approximate surface area is 194 Å². The number of amides is 1. The highest BCUT2D eigenvalue weighted by atomic mass is 32.2. The molecule has 0 aromatic heterocycles. The number of carbonyl (C=O) groups is 1. The monoisotopic (exact) mass is 495 g/mol. The molecule has 3 rings (SSSR count). The second-order valence-electron chi connectivity index (χ2n) is 7.74. The van der Waals surface area contributed by atoms with E-state index in [-0.39, 0.29) is 28.8 Å². The van der Waals surface area contributed by atoms with E-state index < -0.39 is 33.6 Å². The van der Waals surface area contributed by atoms with Crippen LogP contribution in [-0.2, 0) is 22.8 Å². The second-order valence-corrected chi connectivity index (χ2v) is 9.29. The zero-order valence-corrected chi connectivity index (χ0v) is 19.0. The van der Waals surface area contributed by atoms with Gasteiger partial charge in [-0.05, 0) is 74.0 Å². The number of nitrogens with zero attached hydrogens (tertiary/aromatic N) is 1. The fraction of sp³-hybridized carbons (Fsp3) is 0.208. The first kappa shape index (κ1) is 25.2. The van der Waals surface area contributed by atoms with Gasteiger partial charge in [0.05, 0.1) is 5.56 Å². The molecule has 0 spiro atoms. The second kappa shape index (κ2) is 9.84. The molecule has 0 bridgehead atoms. The maximum atomic E-state index is 13.1. The van der Waals surface area contributed by atoms with Crippen LogP contribution >= 0.6 is 0 Å². The summed E-state index contributed by atoms with van der Waals surface area (Å²) in [6.07, 6.45) is -4.58. The molecular weight excluding hydrogens is 474 g/mol. The average Bonchev–Trinajstić information content (AvgIpc) is 2.76. The van der Waals surface area contributed by atoms with Crippen molar-refractivity contribution in [1.29, 1.82) is 0 Å². The number of carbonyl (C=O) groups excluding carboxylic acids is 1. The van der Waals surface area contributed by atoms with Gasteiger partial charge in [-0.2, -0.15) is 21.6 Å². The van der Waals surface area contributed by atoms with Crippen molar-refractivity contribution >= 4 is 16.0 Å². The highest BCUT2D eigenvalue weighted by molar-refractivity contribution is 7.87. The summed E-state index contributed by atoms with van der Waals surface area (Å²) in [4.78, 5) is 14.1. The average molecular weight is 495 g/mol. The van der Waals surface area contributed by atoms with Crippen molar-refractivity contribution in [3.05, 3.63) is 95.3 Å². The zero-order valence-electron chi connectivity index (χ0n) is 18.2. The van der Waals surface area contributed by atoms with Crippen LogP contribution in [0.3, 0.4) is 0 Å². The van der Waals surface area contributed by atoms with Gasteiger partial charge >= 0.3 is 16.3 Å². The van der Waals surface area contributed by atoms with Crippen LogP contribution in [0.15, 0.2) is 77.7 Å². The minimum atomic E-state index is -4.58. The largest absolute Gasteiger partial charge is 0.416 e. The molecule has 3 aromatic carbocycles. The van der Waals surface area contributed by atoms with Crippen molar-refractivity contribution in [3.8, 4) is 5.75 Å². The summed E-state index contributed by atoms with van der Waals surface area (Å²) in [7, 11) is -4.22. The molecule has 0 atom stereocenters. The highest BCUT2D eigenvalue weighted by Gasteiger charge is 2.31. The summed E-state index contributed by atoms with van der Waals surface area (Å²) in [5.41, 5.74) is -0.542. The number of halogens is 4. The summed E-state index contributed by atoms with van der Waals surface area (Å²) in [5, 5.41) is 0. The van der Waals surface area contributed by atoms with Gasteiger partial charge in [-0.15, -0.1) is 0 Å². The van der Waals surface area contributed by atoms with Gasteiger partial charge in [-0.25, -0.2) is 4.39 Å². The molecular formula is C24H21F4NO4S. The Morgan fingerprint density at radius 1 is 0.971 bits per heavy atom. The van der Waals surface area contributed by atoms with E-state index in [1.54, 1.807) is 19.9 Å². The van der Waals surface area contributed by atoms with E-state index in [9.17, 15) is 30.8 Å². The lowest BCUT2D eigenvalue weighted by molar-refractivity contribution is -0.137. The van der Waals surface area contributed by atoms with E-state index >= 15 is 0 Å². The molecule has 0 aliphatic rings. The fourth-order valence-electron chi connectivity index (χ4n) is 3.15. The van der Waals surface area contributed by atoms with Crippen LogP contribution in [0.4, 0.5) is 17.6 Å². The minimum Gasteiger partial charge on any atom is -0.379 e. The predicted molar refractivity (Wildman–Crippen MR) is 117 cm³/mol. The maximum Gasteiger partial charge on any atom is 0.416 e. The molecule has 1 amide bonds. The van der Waals surface area contributed by atoms with Crippen LogP contribution in [0.2, 0.25) is 0 Å². The lowest BCUT2D eigenvalue weighted by atomic mass is 10.1. The minimum absolute atomic E-state index is 0.000537. The Morgan fingerprint density at radius 2 is 1.62 bits per heavy atom. The SMILES string of the molecule is CC(C)N(Cc1cccc(OS(=O)(=O)c2ccc(F)cc2)c1)C(=O)c1cccc(C(F)(F)F)c1. The Hall–Kier alpha value is -3.40. The molecule has 0 saturated heterocycles. The number of alkyl halides is 3. The van der Waals surface area contributed by atoms with Gasteiger partial charge in [0.1, 0.15) is 16.5 Å². The molecule has 0 aliphatic carbocycles. The Balaban J connectivity index is 1.83. The molecule has 10 heteroatoms. The predicted octanol–water partition coefficient (Wildman–Crippen LogP) is 5.66. The van der Waals surface area contributed by atoms with Crippen molar-refractivity contribution in [3.63, 3.8) is 0 Å². The molecule has 0 saturated carbocycles. The number of hydrogen-bond acceptors (Lipinski definition) is 4. The van der Waals surface area contributed by atoms with E-state index in [1.807, 2.05) is 0 Å². The third-order valence-electron chi connectivity index (χ3n) is 4.88. The maximum absolute atomic E-state index is 13.1. The molecule has 0 radical (unpaired) electrons. The first-order valence-electron chi connectivity index (χ1n) is 10.1. The van der Waals surface area contributed by atoms with Crippen molar-refractivity contribution in [2.24, 2.45) is 0 Å². The zero-order chi connectivity index (χ0) is 25.1. The molecule has 0 unspecified atom stereocenters. The van der Waals surface area contributed by atoms with E-state index in [0.29, 0.717) is 5.56 Å².